The fourth-order valence-corrected chi connectivity index (χ4v) is 4.79. The molecule has 0 saturated heterocycles. The molecule has 0 aliphatic carbocycles. The Morgan fingerprint density at radius 3 is 2.62 bits per heavy atom. The summed E-state index contributed by atoms with van der Waals surface area (Å²) in [6.07, 6.45) is -2.55. The van der Waals surface area contributed by atoms with Crippen LogP contribution < -0.4 is 10.5 Å². The van der Waals surface area contributed by atoms with E-state index in [4.69, 9.17) is 16.6 Å². The van der Waals surface area contributed by atoms with E-state index in [-0.39, 0.29) is 17.6 Å². The van der Waals surface area contributed by atoms with Gasteiger partial charge in [0.15, 0.2) is 16.2 Å². The first-order chi connectivity index (χ1) is 15.3. The SMILES string of the molecule is CCn1cnc2c(=O)n(-c3ccc(Cl)cc3)c(N3CCc4sc(C(F)(F)F)nc4C3)nc21. The summed E-state index contributed by atoms with van der Waals surface area (Å²) < 4.78 is 42.6. The van der Waals surface area contributed by atoms with Crippen LogP contribution in [0.3, 0.4) is 0 Å². The van der Waals surface area contributed by atoms with E-state index in [2.05, 4.69) is 9.97 Å². The summed E-state index contributed by atoms with van der Waals surface area (Å²) >= 11 is 6.69. The summed E-state index contributed by atoms with van der Waals surface area (Å²) in [5.74, 6) is 0.326. The quantitative estimate of drug-likeness (QED) is 0.437. The van der Waals surface area contributed by atoms with Crippen molar-refractivity contribution in [3.63, 3.8) is 0 Å². The Balaban J connectivity index is 1.67. The smallest absolute Gasteiger partial charge is 0.335 e. The van der Waals surface area contributed by atoms with Gasteiger partial charge in [0.25, 0.3) is 5.56 Å². The lowest BCUT2D eigenvalue weighted by atomic mass is 10.2. The number of halogens is 4. The zero-order chi connectivity index (χ0) is 22.6. The zero-order valence-electron chi connectivity index (χ0n) is 16.7. The van der Waals surface area contributed by atoms with E-state index in [0.29, 0.717) is 63.7 Å². The number of hydrogen-bond donors (Lipinski definition) is 0. The number of rotatable bonds is 3. The van der Waals surface area contributed by atoms with Crippen molar-refractivity contribution in [2.45, 2.75) is 32.6 Å². The van der Waals surface area contributed by atoms with Gasteiger partial charge in [0.05, 0.1) is 24.3 Å². The molecule has 0 atom stereocenters. The number of thiazole rings is 1. The van der Waals surface area contributed by atoms with Crippen molar-refractivity contribution in [3.8, 4) is 5.69 Å². The van der Waals surface area contributed by atoms with Gasteiger partial charge >= 0.3 is 6.18 Å². The predicted octanol–water partition coefficient (Wildman–Crippen LogP) is 4.29. The highest BCUT2D eigenvalue weighted by molar-refractivity contribution is 7.11. The first-order valence-electron chi connectivity index (χ1n) is 9.81. The third-order valence-electron chi connectivity index (χ3n) is 5.30. The maximum atomic E-state index is 13.4. The van der Waals surface area contributed by atoms with Crippen LogP contribution in [0.5, 0.6) is 0 Å². The van der Waals surface area contributed by atoms with Crippen LogP contribution in [0.4, 0.5) is 19.1 Å². The van der Waals surface area contributed by atoms with E-state index in [1.807, 2.05) is 6.92 Å². The standard InChI is InChI=1S/C20H16ClF3N6OS/c1-2-28-10-25-15-16(28)27-19(30(17(15)31)12-5-3-11(21)4-6-12)29-8-7-14-13(9-29)26-18(32-14)20(22,23)24/h3-6,10H,2,7-9H2,1H3. The van der Waals surface area contributed by atoms with Crippen molar-refractivity contribution in [2.24, 2.45) is 0 Å². The normalized spacial score (nSPS) is 14.2. The number of imidazole rings is 1. The summed E-state index contributed by atoms with van der Waals surface area (Å²) in [7, 11) is 0. The minimum Gasteiger partial charge on any atom is -0.335 e. The van der Waals surface area contributed by atoms with Crippen LogP contribution in [-0.4, -0.2) is 30.6 Å². The molecule has 0 radical (unpaired) electrons. The van der Waals surface area contributed by atoms with Gasteiger partial charge in [-0.1, -0.05) is 11.6 Å². The van der Waals surface area contributed by atoms with E-state index in [9.17, 15) is 18.0 Å². The van der Waals surface area contributed by atoms with Crippen molar-refractivity contribution in [2.75, 3.05) is 11.4 Å². The third kappa shape index (κ3) is 3.45. The van der Waals surface area contributed by atoms with Gasteiger partial charge < -0.3 is 9.47 Å². The van der Waals surface area contributed by atoms with E-state index >= 15 is 0 Å². The molecule has 166 valence electrons. The Morgan fingerprint density at radius 2 is 1.94 bits per heavy atom. The van der Waals surface area contributed by atoms with Gasteiger partial charge in [0.2, 0.25) is 5.95 Å². The van der Waals surface area contributed by atoms with E-state index in [1.165, 1.54) is 4.57 Å². The first kappa shape index (κ1) is 21.0. The highest BCUT2D eigenvalue weighted by Crippen LogP contribution is 2.37. The number of benzene rings is 1. The molecule has 0 spiro atoms. The van der Waals surface area contributed by atoms with E-state index < -0.39 is 11.2 Å². The summed E-state index contributed by atoms with van der Waals surface area (Å²) in [5.41, 5.74) is 1.18. The highest BCUT2D eigenvalue weighted by atomic mass is 35.5. The lowest BCUT2D eigenvalue weighted by Gasteiger charge is -2.29. The van der Waals surface area contributed by atoms with Gasteiger partial charge in [-0.25, -0.2) is 14.5 Å². The molecule has 0 bridgehead atoms. The number of aromatic nitrogens is 5. The molecule has 1 aromatic carbocycles. The summed E-state index contributed by atoms with van der Waals surface area (Å²) in [6.45, 7) is 3.00. The Bertz CT molecular complexity index is 1380. The third-order valence-corrected chi connectivity index (χ3v) is 6.75. The fraction of sp³-hybridized carbons (Fsp3) is 0.300. The highest BCUT2D eigenvalue weighted by Gasteiger charge is 2.37. The predicted molar refractivity (Wildman–Crippen MR) is 116 cm³/mol. The number of fused-ring (bicyclic) bond motifs is 2. The van der Waals surface area contributed by atoms with Crippen LogP contribution >= 0.6 is 22.9 Å². The molecule has 7 nitrogen and oxygen atoms in total. The first-order valence-corrected chi connectivity index (χ1v) is 11.0. The molecule has 12 heteroatoms. The second-order valence-corrected chi connectivity index (χ2v) is 8.81. The van der Waals surface area contributed by atoms with Gasteiger partial charge in [-0.05, 0) is 31.2 Å². The van der Waals surface area contributed by atoms with Crippen molar-refractivity contribution in [1.82, 2.24) is 24.1 Å². The van der Waals surface area contributed by atoms with Gasteiger partial charge in [0, 0.05) is 29.4 Å². The molecule has 1 aliphatic heterocycles. The topological polar surface area (TPSA) is 68.8 Å². The largest absolute Gasteiger partial charge is 0.443 e. The van der Waals surface area contributed by atoms with Crippen LogP contribution in [0, 0.1) is 0 Å². The zero-order valence-corrected chi connectivity index (χ0v) is 18.3. The average Bonchev–Trinajstić information content (AvgIpc) is 3.38. The van der Waals surface area contributed by atoms with Gasteiger partial charge in [-0.2, -0.15) is 18.2 Å². The number of nitrogens with zero attached hydrogens (tertiary/aromatic N) is 6. The fourth-order valence-electron chi connectivity index (χ4n) is 3.74. The molecular weight excluding hydrogens is 465 g/mol. The average molecular weight is 481 g/mol. The molecule has 0 N–H and O–H groups in total. The van der Waals surface area contributed by atoms with E-state index in [1.54, 1.807) is 40.1 Å². The van der Waals surface area contributed by atoms with Gasteiger partial charge in [-0.3, -0.25) is 4.79 Å². The van der Waals surface area contributed by atoms with Gasteiger partial charge in [-0.15, -0.1) is 11.3 Å². The maximum absolute atomic E-state index is 13.4. The molecule has 4 aromatic rings. The molecule has 0 amide bonds. The van der Waals surface area contributed by atoms with Crippen molar-refractivity contribution < 1.29 is 13.2 Å². The van der Waals surface area contributed by atoms with E-state index in [0.717, 1.165) is 0 Å². The lowest BCUT2D eigenvalue weighted by Crippen LogP contribution is -2.36. The van der Waals surface area contributed by atoms with Crippen LogP contribution in [0.1, 0.15) is 22.5 Å². The van der Waals surface area contributed by atoms with Crippen LogP contribution in [0.2, 0.25) is 5.02 Å². The molecular formula is C20H16ClF3N6OS. The van der Waals surface area contributed by atoms with Crippen LogP contribution in [0.25, 0.3) is 16.9 Å². The Hall–Kier alpha value is -2.92. The Kier molecular flexibility index (Phi) is 4.97. The van der Waals surface area contributed by atoms with Gasteiger partial charge in [0.1, 0.15) is 0 Å². The summed E-state index contributed by atoms with van der Waals surface area (Å²) in [5, 5.41) is -0.343. The molecule has 0 unspecified atom stereocenters. The molecule has 0 fully saturated rings. The molecule has 5 rings (SSSR count). The second kappa shape index (κ2) is 7.59. The van der Waals surface area contributed by atoms with Crippen LogP contribution in [0.15, 0.2) is 35.4 Å². The monoisotopic (exact) mass is 480 g/mol. The maximum Gasteiger partial charge on any atom is 0.443 e. The van der Waals surface area contributed by atoms with Crippen molar-refractivity contribution >= 4 is 40.0 Å². The van der Waals surface area contributed by atoms with Crippen molar-refractivity contribution in [3.05, 3.63) is 61.5 Å². The lowest BCUT2D eigenvalue weighted by molar-refractivity contribution is -0.137. The molecule has 3 aromatic heterocycles. The van der Waals surface area contributed by atoms with Crippen LogP contribution in [-0.2, 0) is 25.7 Å². The van der Waals surface area contributed by atoms with Crippen molar-refractivity contribution in [1.29, 1.82) is 0 Å². The molecule has 0 saturated carbocycles. The number of alkyl halides is 3. The number of anilines is 1. The second-order valence-electron chi connectivity index (χ2n) is 7.29. The minimum absolute atomic E-state index is 0.119. The minimum atomic E-state index is -4.48. The molecule has 1 aliphatic rings. The summed E-state index contributed by atoms with van der Waals surface area (Å²) in [4.78, 5) is 28.6. The molecule has 4 heterocycles. The number of hydrogen-bond acceptors (Lipinski definition) is 6. The molecule has 32 heavy (non-hydrogen) atoms. The Morgan fingerprint density at radius 1 is 1.19 bits per heavy atom. The Labute approximate surface area is 188 Å². The summed E-state index contributed by atoms with van der Waals surface area (Å²) in [6, 6.07) is 6.70. The number of aryl methyl sites for hydroxylation is 1.